The fraction of sp³-hybridized carbons (Fsp3) is 0.667. The maximum absolute atomic E-state index is 14.5. The van der Waals surface area contributed by atoms with E-state index in [1.54, 1.807) is 17.9 Å². The van der Waals surface area contributed by atoms with Crippen LogP contribution in [0.2, 0.25) is 0 Å². The van der Waals surface area contributed by atoms with Crippen LogP contribution in [0.3, 0.4) is 0 Å². The molecule has 5 heteroatoms. The van der Waals surface area contributed by atoms with Gasteiger partial charge >= 0.3 is 0 Å². The van der Waals surface area contributed by atoms with Gasteiger partial charge in [-0.05, 0) is 41.9 Å². The van der Waals surface area contributed by atoms with Crippen molar-refractivity contribution < 1.29 is 4.39 Å². The molecule has 14 heavy (non-hydrogen) atoms. The van der Waals surface area contributed by atoms with Gasteiger partial charge in [0.25, 0.3) is 0 Å². The van der Waals surface area contributed by atoms with Crippen LogP contribution < -0.4 is 5.32 Å². The van der Waals surface area contributed by atoms with Gasteiger partial charge in [0.05, 0.1) is 16.4 Å². The highest BCUT2D eigenvalue weighted by Gasteiger charge is 2.37. The summed E-state index contributed by atoms with van der Waals surface area (Å²) in [7, 11) is 1.78. The van der Waals surface area contributed by atoms with E-state index >= 15 is 0 Å². The van der Waals surface area contributed by atoms with E-state index < -0.39 is 5.67 Å². The minimum atomic E-state index is -1.23. The molecule has 0 spiro atoms. The number of nitrogens with zero attached hydrogens (tertiary/aromatic N) is 2. The second-order valence-electron chi connectivity index (χ2n) is 3.68. The fourth-order valence-corrected chi connectivity index (χ4v) is 2.68. The Bertz CT molecular complexity index is 311. The van der Waals surface area contributed by atoms with E-state index in [1.165, 1.54) is 0 Å². The molecule has 0 saturated carbocycles. The first-order valence-corrected chi connectivity index (χ1v) is 5.50. The molecule has 1 saturated heterocycles. The van der Waals surface area contributed by atoms with Crippen LogP contribution in [0.1, 0.15) is 18.5 Å². The topological polar surface area (TPSA) is 29.9 Å². The molecule has 2 heterocycles. The van der Waals surface area contributed by atoms with E-state index in [9.17, 15) is 4.39 Å². The second-order valence-corrected chi connectivity index (χ2v) is 4.53. The molecule has 3 nitrogen and oxygen atoms in total. The summed E-state index contributed by atoms with van der Waals surface area (Å²) in [6.45, 7) is 1.46. The smallest absolute Gasteiger partial charge is 0.155 e. The Labute approximate surface area is 90.8 Å². The Morgan fingerprint density at radius 2 is 2.21 bits per heavy atom. The highest BCUT2D eigenvalue weighted by atomic mass is 79.9. The highest BCUT2D eigenvalue weighted by Crippen LogP contribution is 2.38. The molecule has 0 amide bonds. The number of hydrogen-bond donors (Lipinski definition) is 1. The Kier molecular flexibility index (Phi) is 2.62. The van der Waals surface area contributed by atoms with Crippen molar-refractivity contribution in [1.29, 1.82) is 0 Å². The number of alkyl halides is 1. The molecule has 1 aliphatic heterocycles. The predicted molar refractivity (Wildman–Crippen MR) is 55.8 cm³/mol. The fourth-order valence-electron chi connectivity index (χ4n) is 1.97. The van der Waals surface area contributed by atoms with Crippen LogP contribution in [0.25, 0.3) is 0 Å². The van der Waals surface area contributed by atoms with Crippen LogP contribution in [0, 0.1) is 0 Å². The zero-order chi connectivity index (χ0) is 10.2. The molecule has 1 aliphatic rings. The van der Waals surface area contributed by atoms with E-state index in [2.05, 4.69) is 26.3 Å². The van der Waals surface area contributed by atoms with Crippen molar-refractivity contribution in [3.05, 3.63) is 16.4 Å². The maximum atomic E-state index is 14.5. The SMILES string of the molecule is Cn1ncc(Br)c1C1(F)CCNCC1. The molecule has 2 rings (SSSR count). The summed E-state index contributed by atoms with van der Waals surface area (Å²) < 4.78 is 16.9. The van der Waals surface area contributed by atoms with Gasteiger partial charge in [-0.2, -0.15) is 5.10 Å². The predicted octanol–water partition coefficient (Wildman–Crippen LogP) is 1.73. The van der Waals surface area contributed by atoms with E-state index in [0.29, 0.717) is 18.5 Å². The Morgan fingerprint density at radius 1 is 1.57 bits per heavy atom. The van der Waals surface area contributed by atoms with Crippen LogP contribution >= 0.6 is 15.9 Å². The third-order valence-electron chi connectivity index (χ3n) is 2.71. The minimum Gasteiger partial charge on any atom is -0.316 e. The molecule has 0 unspecified atom stereocenters. The lowest BCUT2D eigenvalue weighted by Crippen LogP contribution is -2.38. The monoisotopic (exact) mass is 261 g/mol. The third kappa shape index (κ3) is 1.59. The zero-order valence-corrected chi connectivity index (χ0v) is 9.64. The highest BCUT2D eigenvalue weighted by molar-refractivity contribution is 9.10. The van der Waals surface area contributed by atoms with Gasteiger partial charge in [0, 0.05) is 7.05 Å². The van der Waals surface area contributed by atoms with Crippen molar-refractivity contribution in [1.82, 2.24) is 15.1 Å². The Hall–Kier alpha value is -0.420. The van der Waals surface area contributed by atoms with Crippen LogP contribution in [0.4, 0.5) is 4.39 Å². The zero-order valence-electron chi connectivity index (χ0n) is 8.06. The van der Waals surface area contributed by atoms with Crippen molar-refractivity contribution in [2.24, 2.45) is 7.05 Å². The number of halogens is 2. The summed E-state index contributed by atoms with van der Waals surface area (Å²) in [4.78, 5) is 0. The second kappa shape index (κ2) is 3.62. The van der Waals surface area contributed by atoms with Crippen LogP contribution in [-0.4, -0.2) is 22.9 Å². The van der Waals surface area contributed by atoms with Crippen LogP contribution in [0.5, 0.6) is 0 Å². The lowest BCUT2D eigenvalue weighted by Gasteiger charge is -2.30. The third-order valence-corrected chi connectivity index (χ3v) is 3.29. The summed E-state index contributed by atoms with van der Waals surface area (Å²) >= 11 is 3.34. The number of piperidine rings is 1. The molecule has 0 bridgehead atoms. The summed E-state index contributed by atoms with van der Waals surface area (Å²) in [5.41, 5.74) is -0.561. The first-order chi connectivity index (χ1) is 6.63. The Morgan fingerprint density at radius 3 is 2.71 bits per heavy atom. The van der Waals surface area contributed by atoms with Gasteiger partial charge in [-0.25, -0.2) is 4.39 Å². The number of aromatic nitrogens is 2. The molecule has 0 aliphatic carbocycles. The number of rotatable bonds is 1. The average Bonchev–Trinajstić information content (AvgIpc) is 2.48. The number of aryl methyl sites for hydroxylation is 1. The van der Waals surface area contributed by atoms with E-state index in [0.717, 1.165) is 17.6 Å². The first kappa shape index (κ1) is 10.1. The van der Waals surface area contributed by atoms with Gasteiger partial charge in [-0.3, -0.25) is 4.68 Å². The van der Waals surface area contributed by atoms with Gasteiger partial charge in [-0.15, -0.1) is 0 Å². The normalized spacial score (nSPS) is 21.1. The van der Waals surface area contributed by atoms with Crippen molar-refractivity contribution in [2.75, 3.05) is 13.1 Å². The summed E-state index contributed by atoms with van der Waals surface area (Å²) in [6.07, 6.45) is 2.69. The quantitative estimate of drug-likeness (QED) is 0.835. The molecule has 1 fully saturated rings. The van der Waals surface area contributed by atoms with E-state index in [1.807, 2.05) is 0 Å². The van der Waals surface area contributed by atoms with Crippen LogP contribution in [-0.2, 0) is 12.7 Å². The summed E-state index contributed by atoms with van der Waals surface area (Å²) in [5, 5.41) is 7.20. The summed E-state index contributed by atoms with van der Waals surface area (Å²) in [6, 6.07) is 0. The molecule has 0 radical (unpaired) electrons. The standard InChI is InChI=1S/C9H13BrFN3/c1-14-8(7(10)6-13-14)9(11)2-4-12-5-3-9/h6,12H,2-5H2,1H3. The van der Waals surface area contributed by atoms with Crippen molar-refractivity contribution >= 4 is 15.9 Å². The molecule has 1 aromatic heterocycles. The van der Waals surface area contributed by atoms with Crippen molar-refractivity contribution in [3.8, 4) is 0 Å². The van der Waals surface area contributed by atoms with Crippen molar-refractivity contribution in [2.45, 2.75) is 18.5 Å². The molecule has 1 N–H and O–H groups in total. The largest absolute Gasteiger partial charge is 0.316 e. The molecule has 78 valence electrons. The molecule has 0 atom stereocenters. The lowest BCUT2D eigenvalue weighted by atomic mass is 9.91. The summed E-state index contributed by atoms with van der Waals surface area (Å²) in [5.74, 6) is 0. The van der Waals surface area contributed by atoms with Crippen LogP contribution in [0.15, 0.2) is 10.7 Å². The number of hydrogen-bond acceptors (Lipinski definition) is 2. The number of nitrogens with one attached hydrogen (secondary N) is 1. The molecular weight excluding hydrogens is 249 g/mol. The van der Waals surface area contributed by atoms with Gasteiger partial charge in [0.2, 0.25) is 0 Å². The minimum absolute atomic E-state index is 0.519. The molecular formula is C9H13BrFN3. The van der Waals surface area contributed by atoms with Gasteiger partial charge < -0.3 is 5.32 Å². The van der Waals surface area contributed by atoms with E-state index in [-0.39, 0.29) is 0 Å². The van der Waals surface area contributed by atoms with E-state index in [4.69, 9.17) is 0 Å². The van der Waals surface area contributed by atoms with Gasteiger partial charge in [-0.1, -0.05) is 0 Å². The maximum Gasteiger partial charge on any atom is 0.155 e. The van der Waals surface area contributed by atoms with Crippen molar-refractivity contribution in [3.63, 3.8) is 0 Å². The molecule has 0 aromatic carbocycles. The molecule has 1 aromatic rings. The average molecular weight is 262 g/mol. The van der Waals surface area contributed by atoms with Gasteiger partial charge in [0.1, 0.15) is 0 Å². The lowest BCUT2D eigenvalue weighted by molar-refractivity contribution is 0.104. The first-order valence-electron chi connectivity index (χ1n) is 4.71. The Balaban J connectivity index is 2.36. The van der Waals surface area contributed by atoms with Gasteiger partial charge in [0.15, 0.2) is 5.67 Å².